The second kappa shape index (κ2) is 8.18. The minimum absolute atomic E-state index is 0.132. The van der Waals surface area contributed by atoms with Crippen molar-refractivity contribution in [3.63, 3.8) is 0 Å². The van der Waals surface area contributed by atoms with E-state index in [2.05, 4.69) is 15.3 Å². The largest absolute Gasteiger partial charge is 0.491 e. The molecular formula is C20H22N4O2S. The van der Waals surface area contributed by atoms with E-state index in [-0.39, 0.29) is 12.0 Å². The number of ether oxygens (including phenoxy) is 1. The first-order chi connectivity index (χ1) is 12.9. The second-order valence-corrected chi connectivity index (χ2v) is 7.34. The second-order valence-electron chi connectivity index (χ2n) is 6.48. The number of pyridine rings is 1. The predicted molar refractivity (Wildman–Crippen MR) is 110 cm³/mol. The van der Waals surface area contributed by atoms with Crippen LogP contribution in [0.15, 0.2) is 48.0 Å². The summed E-state index contributed by atoms with van der Waals surface area (Å²) in [4.78, 5) is 23.1. The van der Waals surface area contributed by atoms with E-state index >= 15 is 0 Å². The quantitative estimate of drug-likeness (QED) is 0.688. The first kappa shape index (κ1) is 18.8. The molecule has 6 nitrogen and oxygen atoms in total. The number of amides is 1. The standard InChI is InChI=1S/C20H22N4O2S/c1-13(2)26-16-8-5-14(6-9-16)20-23-17(12-27-20)19(25)22-15-7-10-18(21-11-15)24(3)4/h5-13H,1-4H3,(H,22,25). The third-order valence-corrected chi connectivity index (χ3v) is 4.57. The normalized spacial score (nSPS) is 10.7. The number of aromatic nitrogens is 2. The van der Waals surface area contributed by atoms with Crippen LogP contribution in [-0.2, 0) is 0 Å². The van der Waals surface area contributed by atoms with Crippen molar-refractivity contribution in [1.29, 1.82) is 0 Å². The van der Waals surface area contributed by atoms with Gasteiger partial charge >= 0.3 is 0 Å². The summed E-state index contributed by atoms with van der Waals surface area (Å²) in [7, 11) is 3.83. The molecule has 0 bridgehead atoms. The zero-order valence-electron chi connectivity index (χ0n) is 15.8. The average molecular weight is 382 g/mol. The minimum atomic E-state index is -0.253. The number of thiazole rings is 1. The van der Waals surface area contributed by atoms with Crippen molar-refractivity contribution >= 4 is 28.7 Å². The Kier molecular flexibility index (Phi) is 5.71. The van der Waals surface area contributed by atoms with Crippen LogP contribution in [0.25, 0.3) is 10.6 Å². The number of nitrogens with zero attached hydrogens (tertiary/aromatic N) is 3. The van der Waals surface area contributed by atoms with Crippen molar-refractivity contribution in [3.8, 4) is 16.3 Å². The lowest BCUT2D eigenvalue weighted by molar-refractivity contribution is 0.102. The Labute approximate surface area is 162 Å². The Bertz CT molecular complexity index is 902. The molecule has 0 fully saturated rings. The van der Waals surface area contributed by atoms with Gasteiger partial charge in [-0.2, -0.15) is 0 Å². The molecule has 0 radical (unpaired) electrons. The van der Waals surface area contributed by atoms with Crippen molar-refractivity contribution in [2.24, 2.45) is 0 Å². The van der Waals surface area contributed by atoms with Crippen LogP contribution in [0.4, 0.5) is 11.5 Å². The van der Waals surface area contributed by atoms with Crippen LogP contribution in [0.1, 0.15) is 24.3 Å². The molecule has 1 amide bonds. The lowest BCUT2D eigenvalue weighted by Crippen LogP contribution is -2.14. The van der Waals surface area contributed by atoms with Gasteiger partial charge in [0.2, 0.25) is 0 Å². The minimum Gasteiger partial charge on any atom is -0.491 e. The summed E-state index contributed by atoms with van der Waals surface area (Å²) in [5.41, 5.74) is 1.97. The number of carbonyl (C=O) groups is 1. The molecule has 0 saturated carbocycles. The molecule has 0 aliphatic rings. The highest BCUT2D eigenvalue weighted by Crippen LogP contribution is 2.26. The average Bonchev–Trinajstić information content (AvgIpc) is 3.12. The molecule has 0 atom stereocenters. The fraction of sp³-hybridized carbons (Fsp3) is 0.250. The Balaban J connectivity index is 1.68. The molecular weight excluding hydrogens is 360 g/mol. The van der Waals surface area contributed by atoms with E-state index in [0.29, 0.717) is 11.4 Å². The molecule has 140 valence electrons. The molecule has 2 heterocycles. The maximum atomic E-state index is 12.4. The maximum Gasteiger partial charge on any atom is 0.275 e. The smallest absolute Gasteiger partial charge is 0.275 e. The molecule has 7 heteroatoms. The zero-order valence-corrected chi connectivity index (χ0v) is 16.6. The topological polar surface area (TPSA) is 67.3 Å². The molecule has 0 spiro atoms. The summed E-state index contributed by atoms with van der Waals surface area (Å²) in [6, 6.07) is 11.4. The first-order valence-corrected chi connectivity index (χ1v) is 9.47. The Morgan fingerprint density at radius 1 is 1.15 bits per heavy atom. The van der Waals surface area contributed by atoms with E-state index in [9.17, 15) is 4.79 Å². The highest BCUT2D eigenvalue weighted by molar-refractivity contribution is 7.13. The van der Waals surface area contributed by atoms with Gasteiger partial charge in [0.1, 0.15) is 22.3 Å². The molecule has 0 aliphatic carbocycles. The summed E-state index contributed by atoms with van der Waals surface area (Å²) in [6.45, 7) is 3.98. The monoisotopic (exact) mass is 382 g/mol. The molecule has 3 aromatic rings. The third kappa shape index (κ3) is 4.83. The Hall–Kier alpha value is -2.93. The SMILES string of the molecule is CC(C)Oc1ccc(-c2nc(C(=O)Nc3ccc(N(C)C)nc3)cs2)cc1. The lowest BCUT2D eigenvalue weighted by atomic mass is 10.2. The fourth-order valence-electron chi connectivity index (χ4n) is 2.38. The van der Waals surface area contributed by atoms with Crippen molar-refractivity contribution in [3.05, 3.63) is 53.7 Å². The van der Waals surface area contributed by atoms with Crippen LogP contribution in [-0.4, -0.2) is 36.1 Å². The molecule has 1 aromatic carbocycles. The summed E-state index contributed by atoms with van der Waals surface area (Å²) < 4.78 is 5.65. The van der Waals surface area contributed by atoms with Gasteiger partial charge in [-0.05, 0) is 50.2 Å². The Morgan fingerprint density at radius 2 is 1.89 bits per heavy atom. The Morgan fingerprint density at radius 3 is 2.48 bits per heavy atom. The summed E-state index contributed by atoms with van der Waals surface area (Å²) in [6.07, 6.45) is 1.76. The van der Waals surface area contributed by atoms with Crippen LogP contribution in [0.3, 0.4) is 0 Å². The molecule has 0 aliphatic heterocycles. The molecule has 0 unspecified atom stereocenters. The number of carbonyl (C=O) groups excluding carboxylic acids is 1. The van der Waals surface area contributed by atoms with E-state index in [1.165, 1.54) is 11.3 Å². The van der Waals surface area contributed by atoms with E-state index in [1.54, 1.807) is 11.6 Å². The van der Waals surface area contributed by atoms with Gasteiger partial charge in [0.25, 0.3) is 5.91 Å². The number of nitrogens with one attached hydrogen (secondary N) is 1. The van der Waals surface area contributed by atoms with Gasteiger partial charge in [-0.1, -0.05) is 0 Å². The van der Waals surface area contributed by atoms with Crippen molar-refractivity contribution in [2.75, 3.05) is 24.3 Å². The van der Waals surface area contributed by atoms with Crippen LogP contribution in [0.2, 0.25) is 0 Å². The highest BCUT2D eigenvalue weighted by Gasteiger charge is 2.13. The van der Waals surface area contributed by atoms with E-state index < -0.39 is 0 Å². The van der Waals surface area contributed by atoms with Crippen LogP contribution in [0, 0.1) is 0 Å². The van der Waals surface area contributed by atoms with Crippen molar-refractivity contribution < 1.29 is 9.53 Å². The van der Waals surface area contributed by atoms with E-state index in [1.807, 2.05) is 69.2 Å². The number of hydrogen-bond acceptors (Lipinski definition) is 6. The van der Waals surface area contributed by atoms with E-state index in [4.69, 9.17) is 4.74 Å². The molecule has 27 heavy (non-hydrogen) atoms. The first-order valence-electron chi connectivity index (χ1n) is 8.59. The predicted octanol–water partition coefficient (Wildman–Crippen LogP) is 4.31. The van der Waals surface area contributed by atoms with Gasteiger partial charge < -0.3 is 15.0 Å². The summed E-state index contributed by atoms with van der Waals surface area (Å²) in [5, 5.41) is 5.37. The maximum absolute atomic E-state index is 12.4. The van der Waals surface area contributed by atoms with Crippen LogP contribution < -0.4 is 15.0 Å². The highest BCUT2D eigenvalue weighted by atomic mass is 32.1. The summed E-state index contributed by atoms with van der Waals surface area (Å²) in [5.74, 6) is 1.39. The van der Waals surface area contributed by atoms with E-state index in [0.717, 1.165) is 22.1 Å². The van der Waals surface area contributed by atoms with Gasteiger partial charge in [0.05, 0.1) is 18.0 Å². The van der Waals surface area contributed by atoms with Crippen molar-refractivity contribution in [2.45, 2.75) is 20.0 Å². The fourth-order valence-corrected chi connectivity index (χ4v) is 3.18. The number of anilines is 2. The lowest BCUT2D eigenvalue weighted by Gasteiger charge is -2.11. The zero-order chi connectivity index (χ0) is 19.4. The van der Waals surface area contributed by atoms with Gasteiger partial charge in [-0.15, -0.1) is 11.3 Å². The number of hydrogen-bond donors (Lipinski definition) is 1. The number of rotatable bonds is 6. The molecule has 1 N–H and O–H groups in total. The molecule has 0 saturated heterocycles. The van der Waals surface area contributed by atoms with Gasteiger partial charge in [0, 0.05) is 25.0 Å². The van der Waals surface area contributed by atoms with Crippen LogP contribution >= 0.6 is 11.3 Å². The van der Waals surface area contributed by atoms with Gasteiger partial charge in [-0.25, -0.2) is 9.97 Å². The van der Waals surface area contributed by atoms with Crippen molar-refractivity contribution in [1.82, 2.24) is 9.97 Å². The van der Waals surface area contributed by atoms with Crippen LogP contribution in [0.5, 0.6) is 5.75 Å². The summed E-state index contributed by atoms with van der Waals surface area (Å²) >= 11 is 1.43. The molecule has 2 aromatic heterocycles. The third-order valence-electron chi connectivity index (χ3n) is 3.67. The molecule has 3 rings (SSSR count). The van der Waals surface area contributed by atoms with Gasteiger partial charge in [0.15, 0.2) is 0 Å². The van der Waals surface area contributed by atoms with Gasteiger partial charge in [-0.3, -0.25) is 4.79 Å². The number of benzene rings is 1.